The molecule has 2 aliphatic heterocycles. The van der Waals surface area contributed by atoms with Gasteiger partial charge in [-0.05, 0) is 69.8 Å². The highest BCUT2D eigenvalue weighted by Gasteiger charge is 2.59. The number of piperidine rings is 1. The molecule has 3 unspecified atom stereocenters. The first kappa shape index (κ1) is 30.9. The molecule has 7 rings (SSSR count). The summed E-state index contributed by atoms with van der Waals surface area (Å²) >= 11 is 0. The van der Waals surface area contributed by atoms with E-state index in [-0.39, 0.29) is 29.8 Å². The van der Waals surface area contributed by atoms with E-state index in [9.17, 15) is 15.2 Å². The van der Waals surface area contributed by atoms with Gasteiger partial charge in [0.2, 0.25) is 5.88 Å². The summed E-state index contributed by atoms with van der Waals surface area (Å²) in [5.74, 6) is 2.71. The highest BCUT2D eigenvalue weighted by Crippen LogP contribution is 2.58. The molecule has 2 saturated heterocycles. The lowest BCUT2D eigenvalue weighted by Crippen LogP contribution is -2.38. The fraction of sp³-hybridized carbons (Fsp3) is 0.457. The minimum atomic E-state index is -1.00. The number of methoxy groups -OCH3 is 1. The molecule has 4 heterocycles. The van der Waals surface area contributed by atoms with Crippen LogP contribution in [0.1, 0.15) is 66.2 Å². The molecule has 12 heteroatoms. The van der Waals surface area contributed by atoms with Crippen molar-refractivity contribution in [2.75, 3.05) is 26.8 Å². The maximum atomic E-state index is 11.9. The Bertz CT molecular complexity index is 1860. The number of aromatic carboxylic acids is 1. The van der Waals surface area contributed by atoms with E-state index in [1.807, 2.05) is 19.9 Å². The van der Waals surface area contributed by atoms with Gasteiger partial charge in [-0.25, -0.2) is 14.8 Å². The molecule has 1 aliphatic carbocycles. The van der Waals surface area contributed by atoms with Gasteiger partial charge in [0.1, 0.15) is 35.3 Å². The average molecular weight is 639 g/mol. The molecule has 2 aromatic heterocycles. The summed E-state index contributed by atoms with van der Waals surface area (Å²) in [5, 5.41) is 19.0. The summed E-state index contributed by atoms with van der Waals surface area (Å²) in [4.78, 5) is 28.8. The standard InChI is InChI=1S/C35H38N6O6/c1-21(2)47-28-12-22(16-36)4-5-23(28)20-46-31-6-9-37-34(39-31)35-8-10-40(17-25(35)15-35)19-30-38-32-27(41(30)18-26-7-11-45-26)13-24(33(42)43)14-29(32)44-3/h4-6,9,12-14,21,25-26H,7-8,10-11,15,17-20H2,1-3H3,(H,42,43). The van der Waals surface area contributed by atoms with Crippen molar-refractivity contribution in [3.05, 3.63) is 70.9 Å². The monoisotopic (exact) mass is 638 g/mol. The number of nitriles is 1. The van der Waals surface area contributed by atoms with Crippen molar-refractivity contribution in [3.8, 4) is 23.4 Å². The van der Waals surface area contributed by atoms with Crippen molar-refractivity contribution in [1.29, 1.82) is 5.26 Å². The van der Waals surface area contributed by atoms with Gasteiger partial charge >= 0.3 is 5.97 Å². The van der Waals surface area contributed by atoms with Crippen LogP contribution in [0.25, 0.3) is 11.0 Å². The van der Waals surface area contributed by atoms with Crippen molar-refractivity contribution in [2.24, 2.45) is 5.92 Å². The molecule has 47 heavy (non-hydrogen) atoms. The molecule has 1 saturated carbocycles. The molecule has 2 aromatic carbocycles. The van der Waals surface area contributed by atoms with Crippen LogP contribution in [0.4, 0.5) is 0 Å². The fourth-order valence-electron chi connectivity index (χ4n) is 6.81. The quantitative estimate of drug-likeness (QED) is 0.230. The number of carbonyl (C=O) groups is 1. The van der Waals surface area contributed by atoms with Crippen LogP contribution < -0.4 is 14.2 Å². The molecule has 4 aromatic rings. The molecule has 1 N–H and O–H groups in total. The summed E-state index contributed by atoms with van der Waals surface area (Å²) in [5.41, 5.74) is 2.90. The minimum Gasteiger partial charge on any atom is -0.494 e. The second kappa shape index (κ2) is 12.5. The number of nitrogens with zero attached hydrogens (tertiary/aromatic N) is 6. The molecular formula is C35H38N6O6. The Labute approximate surface area is 272 Å². The smallest absolute Gasteiger partial charge is 0.335 e. The highest BCUT2D eigenvalue weighted by molar-refractivity contribution is 5.95. The first-order chi connectivity index (χ1) is 22.8. The molecule has 244 valence electrons. The largest absolute Gasteiger partial charge is 0.494 e. The van der Waals surface area contributed by atoms with Crippen molar-refractivity contribution in [1.82, 2.24) is 24.4 Å². The topological polar surface area (TPSA) is 145 Å². The number of hydrogen-bond acceptors (Lipinski definition) is 10. The number of carboxylic acid groups (broad SMARTS) is 1. The lowest BCUT2D eigenvalue weighted by Gasteiger charge is -2.31. The van der Waals surface area contributed by atoms with Crippen molar-refractivity contribution < 1.29 is 28.8 Å². The first-order valence-corrected chi connectivity index (χ1v) is 16.1. The van der Waals surface area contributed by atoms with E-state index in [1.54, 1.807) is 37.6 Å². The van der Waals surface area contributed by atoms with Gasteiger partial charge in [-0.15, -0.1) is 0 Å². The zero-order chi connectivity index (χ0) is 32.7. The molecule has 3 fully saturated rings. The SMILES string of the molecule is COc1cc(C(=O)O)cc2c1nc(CN1CCC3(c4nccc(OCc5ccc(C#N)cc5OC(C)C)n4)CC3C1)n2CC1CCO1. The predicted octanol–water partition coefficient (Wildman–Crippen LogP) is 4.72. The number of rotatable bonds is 12. The summed E-state index contributed by atoms with van der Waals surface area (Å²) in [6.45, 7) is 7.89. The second-order valence-electron chi connectivity index (χ2n) is 12.9. The predicted molar refractivity (Wildman–Crippen MR) is 171 cm³/mol. The average Bonchev–Trinajstić information content (AvgIpc) is 3.69. The van der Waals surface area contributed by atoms with Gasteiger partial charge in [-0.1, -0.05) is 6.07 Å². The molecule has 0 radical (unpaired) electrons. The molecule has 12 nitrogen and oxygen atoms in total. The van der Waals surface area contributed by atoms with E-state index >= 15 is 0 Å². The summed E-state index contributed by atoms with van der Waals surface area (Å²) < 4.78 is 25.5. The van der Waals surface area contributed by atoms with Crippen LogP contribution in [-0.4, -0.2) is 74.5 Å². The van der Waals surface area contributed by atoms with Crippen LogP contribution in [0.2, 0.25) is 0 Å². The molecule has 0 amide bonds. The zero-order valence-electron chi connectivity index (χ0n) is 26.8. The van der Waals surface area contributed by atoms with Gasteiger partial charge in [0.05, 0.1) is 55.1 Å². The van der Waals surface area contributed by atoms with Crippen LogP contribution in [0.5, 0.6) is 17.4 Å². The van der Waals surface area contributed by atoms with Gasteiger partial charge < -0.3 is 28.6 Å². The normalized spacial score (nSPS) is 21.9. The molecule has 3 aliphatic rings. The van der Waals surface area contributed by atoms with E-state index in [0.717, 1.165) is 61.7 Å². The molecule has 0 spiro atoms. The Morgan fingerprint density at radius 1 is 1.21 bits per heavy atom. The van der Waals surface area contributed by atoms with Gasteiger partial charge in [0.15, 0.2) is 0 Å². The van der Waals surface area contributed by atoms with Crippen LogP contribution in [0.15, 0.2) is 42.6 Å². The van der Waals surface area contributed by atoms with Crippen LogP contribution in [-0.2, 0) is 29.8 Å². The number of ether oxygens (including phenoxy) is 4. The Hall–Kier alpha value is -4.73. The third-order valence-corrected chi connectivity index (χ3v) is 9.50. The van der Waals surface area contributed by atoms with Crippen LogP contribution in [0, 0.1) is 17.2 Å². The highest BCUT2D eigenvalue weighted by atomic mass is 16.5. The second-order valence-corrected chi connectivity index (χ2v) is 12.9. The minimum absolute atomic E-state index is 0.0337. The Morgan fingerprint density at radius 3 is 2.77 bits per heavy atom. The van der Waals surface area contributed by atoms with Crippen molar-refractivity contribution in [3.63, 3.8) is 0 Å². The first-order valence-electron chi connectivity index (χ1n) is 16.1. The molecule has 3 atom stereocenters. The fourth-order valence-corrected chi connectivity index (χ4v) is 6.81. The number of carboxylic acids is 1. The Balaban J connectivity index is 1.06. The lowest BCUT2D eigenvalue weighted by molar-refractivity contribution is -0.0592. The number of fused-ring (bicyclic) bond motifs is 2. The number of imidazole rings is 1. The number of hydrogen-bond donors (Lipinski definition) is 1. The van der Waals surface area contributed by atoms with Crippen LogP contribution >= 0.6 is 0 Å². The van der Waals surface area contributed by atoms with E-state index in [2.05, 4.69) is 15.5 Å². The van der Waals surface area contributed by atoms with Gasteiger partial charge in [-0.2, -0.15) is 10.2 Å². The molecular weight excluding hydrogens is 600 g/mol. The maximum absolute atomic E-state index is 11.9. The summed E-state index contributed by atoms with van der Waals surface area (Å²) in [6, 6.07) is 12.5. The maximum Gasteiger partial charge on any atom is 0.335 e. The van der Waals surface area contributed by atoms with Gasteiger partial charge in [0, 0.05) is 36.4 Å². The number of aromatic nitrogens is 4. The van der Waals surface area contributed by atoms with E-state index in [0.29, 0.717) is 47.5 Å². The van der Waals surface area contributed by atoms with E-state index in [1.165, 1.54) is 6.07 Å². The Morgan fingerprint density at radius 2 is 2.06 bits per heavy atom. The molecule has 0 bridgehead atoms. The number of benzene rings is 2. The van der Waals surface area contributed by atoms with Crippen molar-refractivity contribution in [2.45, 2.75) is 70.4 Å². The van der Waals surface area contributed by atoms with Gasteiger partial charge in [0.25, 0.3) is 0 Å². The summed E-state index contributed by atoms with van der Waals surface area (Å²) in [6.07, 6.45) is 4.71. The van der Waals surface area contributed by atoms with E-state index < -0.39 is 5.97 Å². The lowest BCUT2D eigenvalue weighted by atomic mass is 9.94. The van der Waals surface area contributed by atoms with E-state index in [4.69, 9.17) is 33.9 Å². The van der Waals surface area contributed by atoms with Gasteiger partial charge in [-0.3, -0.25) is 4.90 Å². The number of likely N-dealkylation sites (tertiary alicyclic amines) is 1. The van der Waals surface area contributed by atoms with Crippen molar-refractivity contribution >= 4 is 17.0 Å². The zero-order valence-corrected chi connectivity index (χ0v) is 26.8. The van der Waals surface area contributed by atoms with Crippen LogP contribution in [0.3, 0.4) is 0 Å². The third-order valence-electron chi connectivity index (χ3n) is 9.50. The summed E-state index contributed by atoms with van der Waals surface area (Å²) in [7, 11) is 1.54. The third kappa shape index (κ3) is 6.08. The Kier molecular flexibility index (Phi) is 8.20.